The molecule has 3 heterocycles. The van der Waals surface area contributed by atoms with Crippen LogP contribution >= 0.6 is 11.3 Å². The van der Waals surface area contributed by atoms with Gasteiger partial charge >= 0.3 is 12.1 Å². The summed E-state index contributed by atoms with van der Waals surface area (Å²) >= 11 is 1.14. The summed E-state index contributed by atoms with van der Waals surface area (Å²) in [6, 6.07) is 0. The smallest absolute Gasteiger partial charge is 0.407 e. The van der Waals surface area contributed by atoms with Crippen LogP contribution in [-0.4, -0.2) is 58.3 Å². The molecule has 0 saturated carbocycles. The van der Waals surface area contributed by atoms with Crippen LogP contribution in [0.4, 0.5) is 9.93 Å². The second-order valence-electron chi connectivity index (χ2n) is 4.51. The van der Waals surface area contributed by atoms with Crippen LogP contribution in [0.3, 0.4) is 0 Å². The Morgan fingerprint density at radius 2 is 1.79 bits per heavy atom. The van der Waals surface area contributed by atoms with E-state index in [1.165, 1.54) is 11.1 Å². The average Bonchev–Trinajstić information content (AvgIpc) is 3.01. The Labute approximate surface area is 112 Å². The first-order chi connectivity index (χ1) is 9.04. The first-order valence-electron chi connectivity index (χ1n) is 5.66. The lowest BCUT2D eigenvalue weighted by atomic mass is 10.2. The zero-order chi connectivity index (χ0) is 13.6. The van der Waals surface area contributed by atoms with Gasteiger partial charge in [-0.05, 0) is 11.1 Å². The number of nitrogens with zero attached hydrogens (tertiary/aromatic N) is 3. The van der Waals surface area contributed by atoms with Crippen LogP contribution < -0.4 is 4.90 Å². The van der Waals surface area contributed by atoms with Crippen molar-refractivity contribution in [1.82, 2.24) is 9.88 Å². The molecular formula is C11H11N3O4S. The maximum absolute atomic E-state index is 10.9. The maximum Gasteiger partial charge on any atom is 0.407 e. The molecule has 0 saturated heterocycles. The van der Waals surface area contributed by atoms with Crippen molar-refractivity contribution in [2.24, 2.45) is 0 Å². The summed E-state index contributed by atoms with van der Waals surface area (Å²) in [4.78, 5) is 29.4. The predicted molar refractivity (Wildman–Crippen MR) is 67.9 cm³/mol. The summed E-state index contributed by atoms with van der Waals surface area (Å²) in [6.07, 6.45) is 0.457. The number of thiazole rings is 1. The fourth-order valence-electron chi connectivity index (χ4n) is 2.36. The molecule has 0 atom stereocenters. The minimum atomic E-state index is -0.972. The minimum absolute atomic E-state index is 0.217. The van der Waals surface area contributed by atoms with Crippen molar-refractivity contribution < 1.29 is 19.8 Å². The van der Waals surface area contributed by atoms with Crippen LogP contribution in [0.1, 0.15) is 9.67 Å². The lowest BCUT2D eigenvalue weighted by Crippen LogP contribution is -2.32. The standard InChI is InChI=1S/C11H11N3O4S/c15-9(16)8-1-12-10(19-8)13-2-6-4-14(11(17)18)5-7(6)3-13/h1H,2-5H2,(H,15,16)(H,17,18). The number of aromatic carboxylic acids is 1. The van der Waals surface area contributed by atoms with E-state index in [4.69, 9.17) is 10.2 Å². The van der Waals surface area contributed by atoms with Gasteiger partial charge in [-0.25, -0.2) is 14.6 Å². The number of aromatic nitrogens is 1. The number of rotatable bonds is 2. The van der Waals surface area contributed by atoms with Gasteiger partial charge in [0.2, 0.25) is 0 Å². The highest BCUT2D eigenvalue weighted by atomic mass is 32.1. The van der Waals surface area contributed by atoms with Gasteiger partial charge in [-0.1, -0.05) is 11.3 Å². The molecule has 2 aliphatic heterocycles. The van der Waals surface area contributed by atoms with Crippen LogP contribution in [0.5, 0.6) is 0 Å². The number of hydrogen-bond donors (Lipinski definition) is 2. The summed E-state index contributed by atoms with van der Waals surface area (Å²) in [6.45, 7) is 2.15. The largest absolute Gasteiger partial charge is 0.477 e. The molecule has 0 spiro atoms. The number of hydrogen-bond acceptors (Lipinski definition) is 5. The van der Waals surface area contributed by atoms with E-state index in [-0.39, 0.29) is 4.88 Å². The lowest BCUT2D eigenvalue weighted by Gasteiger charge is -2.20. The molecule has 0 aliphatic carbocycles. The Morgan fingerprint density at radius 1 is 1.16 bits per heavy atom. The maximum atomic E-state index is 10.9. The molecule has 0 unspecified atom stereocenters. The topological polar surface area (TPSA) is 94.0 Å². The highest BCUT2D eigenvalue weighted by Crippen LogP contribution is 2.31. The number of carboxylic acids is 1. The van der Waals surface area contributed by atoms with Gasteiger partial charge in [0.15, 0.2) is 5.13 Å². The molecule has 100 valence electrons. The van der Waals surface area contributed by atoms with E-state index < -0.39 is 12.1 Å². The number of carboxylic acid groups (broad SMARTS) is 2. The summed E-state index contributed by atoms with van der Waals surface area (Å²) in [7, 11) is 0. The van der Waals surface area contributed by atoms with Crippen molar-refractivity contribution in [3.63, 3.8) is 0 Å². The molecule has 8 heteroatoms. The van der Waals surface area contributed by atoms with Crippen molar-refractivity contribution in [2.45, 2.75) is 0 Å². The molecule has 1 aromatic rings. The van der Waals surface area contributed by atoms with Crippen LogP contribution in [0, 0.1) is 0 Å². The van der Waals surface area contributed by atoms with Gasteiger partial charge in [0.1, 0.15) is 4.88 Å². The van der Waals surface area contributed by atoms with Gasteiger partial charge in [0.25, 0.3) is 0 Å². The fourth-order valence-corrected chi connectivity index (χ4v) is 3.11. The SMILES string of the molecule is O=C(O)c1cnc(N2CC3=C(CN(C(=O)O)C3)C2)s1. The number of amides is 1. The molecule has 2 N–H and O–H groups in total. The summed E-state index contributed by atoms with van der Waals surface area (Å²) in [5.74, 6) is -0.972. The highest BCUT2D eigenvalue weighted by molar-refractivity contribution is 7.17. The Hall–Kier alpha value is -2.09. The van der Waals surface area contributed by atoms with E-state index in [0.717, 1.165) is 22.5 Å². The molecule has 0 fully saturated rings. The van der Waals surface area contributed by atoms with Crippen LogP contribution in [0.15, 0.2) is 17.3 Å². The number of anilines is 1. The van der Waals surface area contributed by atoms with Crippen LogP contribution in [0.25, 0.3) is 0 Å². The van der Waals surface area contributed by atoms with Crippen LogP contribution in [0.2, 0.25) is 0 Å². The minimum Gasteiger partial charge on any atom is -0.477 e. The average molecular weight is 281 g/mol. The molecule has 3 rings (SSSR count). The molecule has 2 aliphatic rings. The Morgan fingerprint density at radius 3 is 2.26 bits per heavy atom. The molecular weight excluding hydrogens is 270 g/mol. The van der Waals surface area contributed by atoms with Gasteiger partial charge in [-0.2, -0.15) is 0 Å². The number of carbonyl (C=O) groups is 2. The third-order valence-electron chi connectivity index (χ3n) is 3.27. The lowest BCUT2D eigenvalue weighted by molar-refractivity contribution is 0.0702. The van der Waals surface area contributed by atoms with Gasteiger partial charge in [-0.15, -0.1) is 0 Å². The van der Waals surface area contributed by atoms with E-state index in [0.29, 0.717) is 31.3 Å². The van der Waals surface area contributed by atoms with E-state index in [1.807, 2.05) is 4.90 Å². The third kappa shape index (κ3) is 2.03. The Balaban J connectivity index is 1.69. The van der Waals surface area contributed by atoms with Crippen molar-refractivity contribution in [3.8, 4) is 0 Å². The van der Waals surface area contributed by atoms with E-state index in [1.54, 1.807) is 0 Å². The zero-order valence-corrected chi connectivity index (χ0v) is 10.7. The molecule has 0 aromatic carbocycles. The van der Waals surface area contributed by atoms with E-state index in [2.05, 4.69) is 4.98 Å². The zero-order valence-electron chi connectivity index (χ0n) is 9.87. The highest BCUT2D eigenvalue weighted by Gasteiger charge is 2.33. The van der Waals surface area contributed by atoms with E-state index >= 15 is 0 Å². The summed E-state index contributed by atoms with van der Waals surface area (Å²) < 4.78 is 0. The molecule has 7 nitrogen and oxygen atoms in total. The monoisotopic (exact) mass is 281 g/mol. The Bertz CT molecular complexity index is 577. The second kappa shape index (κ2) is 4.23. The second-order valence-corrected chi connectivity index (χ2v) is 5.52. The normalized spacial score (nSPS) is 18.1. The summed E-state index contributed by atoms with van der Waals surface area (Å²) in [5.41, 5.74) is 2.21. The Kier molecular flexibility index (Phi) is 2.67. The molecule has 1 amide bonds. The van der Waals surface area contributed by atoms with Gasteiger partial charge in [-0.3, -0.25) is 0 Å². The van der Waals surface area contributed by atoms with Crippen molar-refractivity contribution in [2.75, 3.05) is 31.1 Å². The molecule has 0 bridgehead atoms. The van der Waals surface area contributed by atoms with Gasteiger partial charge in [0, 0.05) is 26.2 Å². The van der Waals surface area contributed by atoms with Crippen molar-refractivity contribution in [3.05, 3.63) is 22.2 Å². The fraction of sp³-hybridized carbons (Fsp3) is 0.364. The first kappa shape index (κ1) is 12.0. The summed E-state index contributed by atoms with van der Waals surface area (Å²) in [5, 5.41) is 18.5. The van der Waals surface area contributed by atoms with Crippen molar-refractivity contribution in [1.29, 1.82) is 0 Å². The van der Waals surface area contributed by atoms with Gasteiger partial charge < -0.3 is 20.0 Å². The molecule has 0 radical (unpaired) electrons. The molecule has 1 aromatic heterocycles. The van der Waals surface area contributed by atoms with Crippen LogP contribution in [-0.2, 0) is 0 Å². The van der Waals surface area contributed by atoms with Gasteiger partial charge in [0.05, 0.1) is 6.20 Å². The third-order valence-corrected chi connectivity index (χ3v) is 4.32. The van der Waals surface area contributed by atoms with Crippen molar-refractivity contribution >= 4 is 28.5 Å². The first-order valence-corrected chi connectivity index (χ1v) is 6.48. The quantitative estimate of drug-likeness (QED) is 0.784. The predicted octanol–water partition coefficient (Wildman–Crippen LogP) is 0.952. The molecule has 19 heavy (non-hydrogen) atoms. The van der Waals surface area contributed by atoms with E-state index in [9.17, 15) is 9.59 Å².